The van der Waals surface area contributed by atoms with Crippen molar-refractivity contribution in [2.45, 2.75) is 13.8 Å². The lowest BCUT2D eigenvalue weighted by Gasteiger charge is -2.03. The lowest BCUT2D eigenvalue weighted by Crippen LogP contribution is -1.88. The highest BCUT2D eigenvalue weighted by molar-refractivity contribution is 6.07. The third kappa shape index (κ3) is 1.66. The fraction of sp³-hybridized carbons (Fsp3) is 0.118. The molecule has 3 rings (SSSR count). The van der Waals surface area contributed by atoms with Gasteiger partial charge in [-0.25, -0.2) is 0 Å². The predicted octanol–water partition coefficient (Wildman–Crippen LogP) is 4.96. The molecule has 0 spiro atoms. The maximum atomic E-state index is 2.30. The molecule has 0 saturated heterocycles. The van der Waals surface area contributed by atoms with Crippen molar-refractivity contribution in [1.82, 2.24) is 0 Å². The minimum Gasteiger partial charge on any atom is -0.0616 e. The first-order valence-electron chi connectivity index (χ1n) is 5.98. The van der Waals surface area contributed by atoms with Gasteiger partial charge in [-0.05, 0) is 5.39 Å². The van der Waals surface area contributed by atoms with Crippen LogP contribution >= 0.6 is 0 Å². The predicted molar refractivity (Wildman–Crippen MR) is 75.1 cm³/mol. The Morgan fingerprint density at radius 2 is 1.35 bits per heavy atom. The van der Waals surface area contributed by atoms with E-state index in [4.69, 9.17) is 0 Å². The highest BCUT2D eigenvalue weighted by Crippen LogP contribution is 2.27. The number of rotatable bonds is 1. The molecule has 0 aliphatic carbocycles. The molecule has 0 fully saturated rings. The fourth-order valence-electron chi connectivity index (χ4n) is 2.31. The summed E-state index contributed by atoms with van der Waals surface area (Å²) < 4.78 is 0. The first-order valence-corrected chi connectivity index (χ1v) is 5.98. The summed E-state index contributed by atoms with van der Waals surface area (Å²) in [5, 5.41) is 5.31. The second-order valence-electron chi connectivity index (χ2n) is 4.72. The van der Waals surface area contributed by atoms with Crippen molar-refractivity contribution in [3.05, 3.63) is 66.1 Å². The van der Waals surface area contributed by atoms with Crippen LogP contribution in [0.5, 0.6) is 0 Å². The van der Waals surface area contributed by atoms with E-state index in [-0.39, 0.29) is 0 Å². The molecule has 3 aromatic rings. The van der Waals surface area contributed by atoms with Gasteiger partial charge in [-0.15, -0.1) is 0 Å². The second kappa shape index (κ2) is 3.81. The third-order valence-corrected chi connectivity index (χ3v) is 3.32. The van der Waals surface area contributed by atoms with E-state index in [9.17, 15) is 0 Å². The summed E-state index contributed by atoms with van der Waals surface area (Å²) >= 11 is 0. The van der Waals surface area contributed by atoms with Crippen LogP contribution in [-0.2, 0) is 0 Å². The molecule has 0 N–H and O–H groups in total. The van der Waals surface area contributed by atoms with E-state index in [2.05, 4.69) is 68.4 Å². The van der Waals surface area contributed by atoms with Crippen LogP contribution in [0.3, 0.4) is 0 Å². The molecule has 0 atom stereocenters. The summed E-state index contributed by atoms with van der Waals surface area (Å²) in [5.41, 5.74) is 1.33. The second-order valence-corrected chi connectivity index (χ2v) is 4.72. The van der Waals surface area contributed by atoms with Gasteiger partial charge < -0.3 is 0 Å². The van der Waals surface area contributed by atoms with Crippen molar-refractivity contribution in [3.8, 4) is 0 Å². The summed E-state index contributed by atoms with van der Waals surface area (Å²) in [7, 11) is 0. The largest absolute Gasteiger partial charge is 0.132 e. The summed E-state index contributed by atoms with van der Waals surface area (Å²) in [6, 6.07) is 19.7. The fourth-order valence-corrected chi connectivity index (χ4v) is 2.31. The number of hydrogen-bond donors (Lipinski definition) is 0. The standard InChI is InChI=1S/C17H15/c1-12(2)15-10-9-14-8-7-13-5-3-4-6-16(13)17(14)11-15/h3-11H,1-2H3/q+1. The van der Waals surface area contributed by atoms with Crippen LogP contribution in [0.1, 0.15) is 19.4 Å². The Kier molecular flexibility index (Phi) is 2.29. The van der Waals surface area contributed by atoms with E-state index in [0.29, 0.717) is 0 Å². The van der Waals surface area contributed by atoms with Crippen LogP contribution in [0.25, 0.3) is 21.5 Å². The van der Waals surface area contributed by atoms with E-state index >= 15 is 0 Å². The molecule has 0 aliphatic heterocycles. The summed E-state index contributed by atoms with van der Waals surface area (Å²) in [5.74, 6) is 1.36. The quantitative estimate of drug-likeness (QED) is 0.401. The molecule has 82 valence electrons. The van der Waals surface area contributed by atoms with Crippen molar-refractivity contribution >= 4 is 21.5 Å². The Balaban J connectivity index is 2.42. The topological polar surface area (TPSA) is 0 Å². The van der Waals surface area contributed by atoms with E-state index in [0.717, 1.165) is 0 Å². The van der Waals surface area contributed by atoms with Gasteiger partial charge in [0.1, 0.15) is 5.56 Å². The molecule has 0 heterocycles. The van der Waals surface area contributed by atoms with Gasteiger partial charge in [0, 0.05) is 48.1 Å². The maximum absolute atomic E-state index is 2.30. The van der Waals surface area contributed by atoms with Crippen molar-refractivity contribution in [2.24, 2.45) is 0 Å². The minimum atomic E-state index is 1.31. The molecule has 0 aliphatic rings. The summed E-state index contributed by atoms with van der Waals surface area (Å²) in [6.45, 7) is 4.32. The molecule has 0 radical (unpaired) electrons. The smallest absolute Gasteiger partial charge is 0.0616 e. The van der Waals surface area contributed by atoms with Gasteiger partial charge in [0.2, 0.25) is 0 Å². The zero-order valence-electron chi connectivity index (χ0n) is 10.2. The van der Waals surface area contributed by atoms with Crippen LogP contribution in [0, 0.1) is 5.92 Å². The minimum absolute atomic E-state index is 1.31. The van der Waals surface area contributed by atoms with Crippen molar-refractivity contribution in [1.29, 1.82) is 0 Å². The number of fused-ring (bicyclic) bond motifs is 3. The number of benzene rings is 3. The molecule has 0 unspecified atom stereocenters. The molecule has 3 aromatic carbocycles. The molecule has 0 nitrogen and oxygen atoms in total. The monoisotopic (exact) mass is 219 g/mol. The molecule has 0 bridgehead atoms. The Morgan fingerprint density at radius 3 is 2.12 bits per heavy atom. The molecule has 0 amide bonds. The normalized spacial score (nSPS) is 10.9. The van der Waals surface area contributed by atoms with E-state index in [1.807, 2.05) is 0 Å². The molecule has 0 aromatic heterocycles. The SMILES string of the molecule is C[C+](C)c1ccc2ccc3ccccc3c2c1. The van der Waals surface area contributed by atoms with Crippen molar-refractivity contribution in [3.63, 3.8) is 0 Å². The highest BCUT2D eigenvalue weighted by atomic mass is 14.1. The van der Waals surface area contributed by atoms with Crippen LogP contribution in [0.2, 0.25) is 0 Å². The van der Waals surface area contributed by atoms with Crippen LogP contribution < -0.4 is 0 Å². The van der Waals surface area contributed by atoms with E-state index < -0.39 is 0 Å². The highest BCUT2D eigenvalue weighted by Gasteiger charge is 2.10. The Bertz CT molecular complexity index is 678. The molecule has 0 saturated carbocycles. The van der Waals surface area contributed by atoms with Crippen molar-refractivity contribution < 1.29 is 0 Å². The maximum Gasteiger partial charge on any atom is 0.132 e. The molecular weight excluding hydrogens is 204 g/mol. The van der Waals surface area contributed by atoms with Gasteiger partial charge in [-0.3, -0.25) is 0 Å². The van der Waals surface area contributed by atoms with Crippen LogP contribution in [0.4, 0.5) is 0 Å². The van der Waals surface area contributed by atoms with Gasteiger partial charge >= 0.3 is 0 Å². The lowest BCUT2D eigenvalue weighted by atomic mass is 9.96. The van der Waals surface area contributed by atoms with Gasteiger partial charge in [0.15, 0.2) is 0 Å². The van der Waals surface area contributed by atoms with Crippen molar-refractivity contribution in [2.75, 3.05) is 0 Å². The van der Waals surface area contributed by atoms with Gasteiger partial charge in [0.05, 0.1) is 6.07 Å². The van der Waals surface area contributed by atoms with Crippen LogP contribution in [-0.4, -0.2) is 0 Å². The average Bonchev–Trinajstić information content (AvgIpc) is 2.38. The summed E-state index contributed by atoms with van der Waals surface area (Å²) in [6.07, 6.45) is 0. The molecular formula is C17H15+. The van der Waals surface area contributed by atoms with E-state index in [1.54, 1.807) is 0 Å². The lowest BCUT2D eigenvalue weighted by molar-refractivity contribution is 1.15. The third-order valence-electron chi connectivity index (χ3n) is 3.32. The summed E-state index contributed by atoms with van der Waals surface area (Å²) in [4.78, 5) is 0. The van der Waals surface area contributed by atoms with Crippen LogP contribution in [0.15, 0.2) is 54.6 Å². The molecule has 0 heteroatoms. The van der Waals surface area contributed by atoms with Gasteiger partial charge in [-0.2, -0.15) is 0 Å². The number of hydrogen-bond acceptors (Lipinski definition) is 0. The molecule has 17 heavy (non-hydrogen) atoms. The first kappa shape index (κ1) is 10.2. The van der Waals surface area contributed by atoms with E-state index in [1.165, 1.54) is 33.0 Å². The van der Waals surface area contributed by atoms with Gasteiger partial charge in [-0.1, -0.05) is 36.4 Å². The Morgan fingerprint density at radius 1 is 0.706 bits per heavy atom. The zero-order chi connectivity index (χ0) is 11.8. The average molecular weight is 219 g/mol. The van der Waals surface area contributed by atoms with Gasteiger partial charge in [0.25, 0.3) is 0 Å². The first-order chi connectivity index (χ1) is 8.25. The Hall–Kier alpha value is -1.95. The zero-order valence-corrected chi connectivity index (χ0v) is 10.2. The Labute approximate surface area is 102 Å².